The number of carbonyl (C=O) groups is 1. The fourth-order valence-electron chi connectivity index (χ4n) is 3.04. The normalized spacial score (nSPS) is 11.4. The van der Waals surface area contributed by atoms with Crippen LogP contribution in [0.2, 0.25) is 0 Å². The van der Waals surface area contributed by atoms with Gasteiger partial charge in [0.25, 0.3) is 5.91 Å². The molecule has 0 atom stereocenters. The molecule has 4 aromatic rings. The second-order valence-corrected chi connectivity index (χ2v) is 5.86. The Morgan fingerprint density at radius 2 is 1.87 bits per heavy atom. The first-order valence-electron chi connectivity index (χ1n) is 7.46. The number of rotatable bonds is 1. The third-order valence-electron chi connectivity index (χ3n) is 4.13. The van der Waals surface area contributed by atoms with Gasteiger partial charge in [0.1, 0.15) is 5.58 Å². The van der Waals surface area contributed by atoms with Crippen molar-refractivity contribution in [1.82, 2.24) is 4.57 Å². The summed E-state index contributed by atoms with van der Waals surface area (Å²) in [5.41, 5.74) is 10.0. The van der Waals surface area contributed by atoms with E-state index in [0.717, 1.165) is 33.1 Å². The van der Waals surface area contributed by atoms with Crippen molar-refractivity contribution in [2.45, 2.75) is 13.8 Å². The van der Waals surface area contributed by atoms with Crippen molar-refractivity contribution in [3.8, 4) is 0 Å². The van der Waals surface area contributed by atoms with Gasteiger partial charge in [-0.25, -0.2) is 0 Å². The van der Waals surface area contributed by atoms with Crippen molar-refractivity contribution in [3.05, 3.63) is 65.5 Å². The van der Waals surface area contributed by atoms with Crippen LogP contribution in [0.3, 0.4) is 0 Å². The largest absolute Gasteiger partial charge is 0.451 e. The molecule has 0 aliphatic rings. The number of hydrogen-bond acceptors (Lipinski definition) is 3. The van der Waals surface area contributed by atoms with Crippen LogP contribution in [0.15, 0.2) is 52.9 Å². The van der Waals surface area contributed by atoms with Crippen molar-refractivity contribution in [3.63, 3.8) is 0 Å². The summed E-state index contributed by atoms with van der Waals surface area (Å²) in [5, 5.41) is 1.86. The summed E-state index contributed by atoms with van der Waals surface area (Å²) >= 11 is 0. The summed E-state index contributed by atoms with van der Waals surface area (Å²) in [7, 11) is 0. The molecular weight excluding hydrogens is 288 g/mol. The smallest absolute Gasteiger partial charge is 0.298 e. The number of aromatic nitrogens is 1. The molecule has 114 valence electrons. The van der Waals surface area contributed by atoms with Gasteiger partial charge in [0.15, 0.2) is 5.76 Å². The number of anilines is 1. The Morgan fingerprint density at radius 3 is 2.70 bits per heavy atom. The molecule has 2 aromatic heterocycles. The SMILES string of the molecule is Cc1ccc2cc(C(=O)n3c(C)cc4cccc(N)c43)oc2c1. The molecule has 2 aromatic carbocycles. The number of benzene rings is 2. The van der Waals surface area contributed by atoms with Gasteiger partial charge in [-0.1, -0.05) is 24.3 Å². The van der Waals surface area contributed by atoms with Crippen LogP contribution < -0.4 is 5.73 Å². The van der Waals surface area contributed by atoms with E-state index in [1.165, 1.54) is 0 Å². The number of nitrogen functional groups attached to an aromatic ring is 1. The summed E-state index contributed by atoms with van der Waals surface area (Å²) < 4.78 is 7.39. The van der Waals surface area contributed by atoms with Crippen LogP contribution in [0.1, 0.15) is 21.8 Å². The maximum atomic E-state index is 13.0. The summed E-state index contributed by atoms with van der Waals surface area (Å²) in [6.45, 7) is 3.89. The van der Waals surface area contributed by atoms with Crippen molar-refractivity contribution in [1.29, 1.82) is 0 Å². The summed E-state index contributed by atoms with van der Waals surface area (Å²) in [6.07, 6.45) is 0. The van der Waals surface area contributed by atoms with E-state index in [1.807, 2.05) is 50.2 Å². The molecule has 23 heavy (non-hydrogen) atoms. The van der Waals surface area contributed by atoms with E-state index in [4.69, 9.17) is 10.2 Å². The minimum absolute atomic E-state index is 0.204. The van der Waals surface area contributed by atoms with Gasteiger partial charge in [-0.3, -0.25) is 9.36 Å². The molecule has 2 N–H and O–H groups in total. The quantitative estimate of drug-likeness (QED) is 0.534. The highest BCUT2D eigenvalue weighted by atomic mass is 16.3. The number of fused-ring (bicyclic) bond motifs is 2. The van der Waals surface area contributed by atoms with Gasteiger partial charge in [0.05, 0.1) is 11.2 Å². The Hall–Kier alpha value is -3.01. The van der Waals surface area contributed by atoms with Crippen LogP contribution in [0.25, 0.3) is 21.9 Å². The van der Waals surface area contributed by atoms with Gasteiger partial charge in [-0.2, -0.15) is 0 Å². The molecule has 0 saturated carbocycles. The molecule has 4 nitrogen and oxygen atoms in total. The highest BCUT2D eigenvalue weighted by molar-refractivity contribution is 6.06. The Morgan fingerprint density at radius 1 is 1.04 bits per heavy atom. The summed E-state index contributed by atoms with van der Waals surface area (Å²) in [6, 6.07) is 15.3. The lowest BCUT2D eigenvalue weighted by molar-refractivity contribution is 0.0938. The average molecular weight is 304 g/mol. The Labute approximate surface area is 133 Å². The van der Waals surface area contributed by atoms with Gasteiger partial charge in [-0.15, -0.1) is 0 Å². The highest BCUT2D eigenvalue weighted by Crippen LogP contribution is 2.28. The number of para-hydroxylation sites is 1. The Bertz CT molecular complexity index is 1070. The molecule has 0 unspecified atom stereocenters. The molecule has 0 amide bonds. The Balaban J connectivity index is 1.92. The van der Waals surface area contributed by atoms with Gasteiger partial charge < -0.3 is 10.2 Å². The third kappa shape index (κ3) is 2.03. The lowest BCUT2D eigenvalue weighted by atomic mass is 10.2. The predicted octanol–water partition coefficient (Wildman–Crippen LogP) is 4.28. The number of nitrogens with zero attached hydrogens (tertiary/aromatic N) is 1. The lowest BCUT2D eigenvalue weighted by Crippen LogP contribution is -2.13. The van der Waals surface area contributed by atoms with Crippen LogP contribution in [0.5, 0.6) is 0 Å². The van der Waals surface area contributed by atoms with Gasteiger partial charge in [0.2, 0.25) is 0 Å². The number of furan rings is 1. The zero-order chi connectivity index (χ0) is 16.1. The lowest BCUT2D eigenvalue weighted by Gasteiger charge is -2.06. The van der Waals surface area contributed by atoms with Crippen LogP contribution >= 0.6 is 0 Å². The van der Waals surface area contributed by atoms with Crippen LogP contribution in [0, 0.1) is 13.8 Å². The molecule has 0 radical (unpaired) electrons. The molecule has 0 spiro atoms. The van der Waals surface area contributed by atoms with Crippen LogP contribution in [0.4, 0.5) is 5.69 Å². The van der Waals surface area contributed by atoms with E-state index in [9.17, 15) is 4.79 Å². The molecular formula is C19H16N2O2. The second-order valence-electron chi connectivity index (χ2n) is 5.86. The highest BCUT2D eigenvalue weighted by Gasteiger charge is 2.19. The van der Waals surface area contributed by atoms with Crippen LogP contribution in [-0.2, 0) is 0 Å². The van der Waals surface area contributed by atoms with E-state index in [2.05, 4.69) is 0 Å². The zero-order valence-electron chi connectivity index (χ0n) is 13.0. The zero-order valence-corrected chi connectivity index (χ0v) is 13.0. The molecule has 4 rings (SSSR count). The van der Waals surface area contributed by atoms with E-state index in [0.29, 0.717) is 11.4 Å². The predicted molar refractivity (Wildman–Crippen MR) is 91.8 cm³/mol. The number of carbonyl (C=O) groups excluding carboxylic acids is 1. The minimum atomic E-state index is -0.204. The van der Waals surface area contributed by atoms with Crippen LogP contribution in [-0.4, -0.2) is 10.5 Å². The van der Waals surface area contributed by atoms with E-state index in [-0.39, 0.29) is 5.91 Å². The first-order valence-corrected chi connectivity index (χ1v) is 7.46. The fourth-order valence-corrected chi connectivity index (χ4v) is 3.04. The average Bonchev–Trinajstić information content (AvgIpc) is 3.07. The Kier molecular flexibility index (Phi) is 2.81. The van der Waals surface area contributed by atoms with Crippen molar-refractivity contribution in [2.24, 2.45) is 0 Å². The van der Waals surface area contributed by atoms with E-state index >= 15 is 0 Å². The maximum absolute atomic E-state index is 13.0. The number of nitrogens with two attached hydrogens (primary N) is 1. The number of hydrogen-bond donors (Lipinski definition) is 1. The summed E-state index contributed by atoms with van der Waals surface area (Å²) in [5.74, 6) is 0.110. The monoisotopic (exact) mass is 304 g/mol. The molecule has 4 heteroatoms. The molecule has 0 aliphatic carbocycles. The molecule has 0 fully saturated rings. The standard InChI is InChI=1S/C19H16N2O2/c1-11-6-7-13-10-17(23-16(13)8-11)19(22)21-12(2)9-14-4-3-5-15(20)18(14)21/h3-10H,20H2,1-2H3. The first kappa shape index (κ1) is 13.6. The fraction of sp³-hybridized carbons (Fsp3) is 0.105. The molecule has 0 saturated heterocycles. The molecule has 0 bridgehead atoms. The molecule has 2 heterocycles. The minimum Gasteiger partial charge on any atom is -0.451 e. The van der Waals surface area contributed by atoms with Crippen molar-refractivity contribution >= 4 is 33.5 Å². The molecule has 0 aliphatic heterocycles. The van der Waals surface area contributed by atoms with Crippen molar-refractivity contribution < 1.29 is 9.21 Å². The number of aryl methyl sites for hydroxylation is 2. The van der Waals surface area contributed by atoms with E-state index in [1.54, 1.807) is 16.7 Å². The van der Waals surface area contributed by atoms with Gasteiger partial charge >= 0.3 is 0 Å². The summed E-state index contributed by atoms with van der Waals surface area (Å²) in [4.78, 5) is 13.0. The van der Waals surface area contributed by atoms with Gasteiger partial charge in [-0.05, 0) is 43.7 Å². The topological polar surface area (TPSA) is 61.2 Å². The van der Waals surface area contributed by atoms with Gasteiger partial charge in [0, 0.05) is 16.5 Å². The van der Waals surface area contributed by atoms with Crippen molar-refractivity contribution in [2.75, 3.05) is 5.73 Å². The van der Waals surface area contributed by atoms with E-state index < -0.39 is 0 Å². The third-order valence-corrected chi connectivity index (χ3v) is 4.13. The maximum Gasteiger partial charge on any atom is 0.298 e. The first-order chi connectivity index (χ1) is 11.0. The second kappa shape index (κ2) is 4.74.